The van der Waals surface area contributed by atoms with Crippen molar-refractivity contribution in [3.8, 4) is 0 Å². The summed E-state index contributed by atoms with van der Waals surface area (Å²) < 4.78 is 5.15. The molecule has 1 aromatic heterocycles. The fourth-order valence-corrected chi connectivity index (χ4v) is 5.76. The van der Waals surface area contributed by atoms with E-state index in [1.54, 1.807) is 11.3 Å². The molecule has 1 atom stereocenters. The summed E-state index contributed by atoms with van der Waals surface area (Å²) in [5, 5.41) is 0. The maximum atomic E-state index is 12.9. The number of esters is 1. The first-order valence-electron chi connectivity index (χ1n) is 9.97. The largest absolute Gasteiger partial charge is 0.466 e. The van der Waals surface area contributed by atoms with Crippen LogP contribution in [0, 0.1) is 5.92 Å². The van der Waals surface area contributed by atoms with Crippen molar-refractivity contribution in [3.05, 3.63) is 21.4 Å². The lowest BCUT2D eigenvalue weighted by atomic mass is 9.98. The molecule has 1 saturated heterocycles. The van der Waals surface area contributed by atoms with Gasteiger partial charge in [-0.25, -0.2) is 0 Å². The van der Waals surface area contributed by atoms with Gasteiger partial charge in [0, 0.05) is 37.1 Å². The van der Waals surface area contributed by atoms with Gasteiger partial charge in [-0.15, -0.1) is 11.3 Å². The monoisotopic (exact) mass is 376 g/mol. The smallest absolute Gasteiger partial charge is 0.310 e. The molecule has 5 nitrogen and oxygen atoms in total. The molecule has 6 heteroatoms. The molecule has 1 unspecified atom stereocenters. The van der Waals surface area contributed by atoms with E-state index >= 15 is 0 Å². The van der Waals surface area contributed by atoms with Crippen molar-refractivity contribution in [2.75, 3.05) is 19.7 Å². The van der Waals surface area contributed by atoms with Crippen LogP contribution in [0.1, 0.15) is 65.6 Å². The number of ether oxygens (including phenoxy) is 1. The Labute approximate surface area is 159 Å². The highest BCUT2D eigenvalue weighted by Gasteiger charge is 2.33. The molecular weight excluding hydrogens is 348 g/mol. The summed E-state index contributed by atoms with van der Waals surface area (Å²) in [6.07, 6.45) is 7.05. The van der Waals surface area contributed by atoms with Crippen LogP contribution in [0.15, 0.2) is 6.07 Å². The third-order valence-corrected chi connectivity index (χ3v) is 7.15. The molecule has 3 heterocycles. The first-order valence-corrected chi connectivity index (χ1v) is 10.8. The van der Waals surface area contributed by atoms with E-state index in [2.05, 4.69) is 11.0 Å². The zero-order valence-corrected chi connectivity index (χ0v) is 16.4. The van der Waals surface area contributed by atoms with Gasteiger partial charge in [-0.3, -0.25) is 14.5 Å². The molecule has 2 fully saturated rings. The SMILES string of the molecule is CCOC(=O)C1CCCN(C(=O)c2cc3c(s2)CN(C2CCCC2)C3)C1. The molecule has 0 spiro atoms. The summed E-state index contributed by atoms with van der Waals surface area (Å²) in [6.45, 7) is 5.46. The van der Waals surface area contributed by atoms with Gasteiger partial charge in [0.2, 0.25) is 0 Å². The summed E-state index contributed by atoms with van der Waals surface area (Å²) in [5.41, 5.74) is 1.34. The Hall–Kier alpha value is -1.40. The Morgan fingerprint density at radius 1 is 1.19 bits per heavy atom. The second kappa shape index (κ2) is 7.69. The predicted molar refractivity (Wildman–Crippen MR) is 101 cm³/mol. The van der Waals surface area contributed by atoms with Gasteiger partial charge >= 0.3 is 5.97 Å². The average molecular weight is 377 g/mol. The highest BCUT2D eigenvalue weighted by molar-refractivity contribution is 7.14. The predicted octanol–water partition coefficient (Wildman–Crippen LogP) is 3.42. The van der Waals surface area contributed by atoms with Crippen LogP contribution in [-0.4, -0.2) is 47.4 Å². The van der Waals surface area contributed by atoms with Gasteiger partial charge in [0.15, 0.2) is 0 Å². The Bertz CT molecular complexity index is 657. The lowest BCUT2D eigenvalue weighted by Crippen LogP contribution is -2.42. The van der Waals surface area contributed by atoms with Crippen molar-refractivity contribution in [1.82, 2.24) is 9.80 Å². The van der Waals surface area contributed by atoms with Crippen LogP contribution < -0.4 is 0 Å². The first kappa shape index (κ1) is 18.0. The molecule has 0 aromatic carbocycles. The van der Waals surface area contributed by atoms with Gasteiger partial charge in [-0.1, -0.05) is 12.8 Å². The zero-order valence-electron chi connectivity index (χ0n) is 15.5. The van der Waals surface area contributed by atoms with Crippen molar-refractivity contribution in [2.24, 2.45) is 5.92 Å². The fraction of sp³-hybridized carbons (Fsp3) is 0.700. The number of fused-ring (bicyclic) bond motifs is 1. The van der Waals surface area contributed by atoms with E-state index in [0.717, 1.165) is 43.4 Å². The van der Waals surface area contributed by atoms with Gasteiger partial charge in [0.25, 0.3) is 5.91 Å². The van der Waals surface area contributed by atoms with Crippen LogP contribution in [0.25, 0.3) is 0 Å². The van der Waals surface area contributed by atoms with Crippen LogP contribution in [-0.2, 0) is 22.6 Å². The minimum absolute atomic E-state index is 0.0887. The van der Waals surface area contributed by atoms with Crippen LogP contribution in [0.5, 0.6) is 0 Å². The summed E-state index contributed by atoms with van der Waals surface area (Å²) in [5.74, 6) is -0.242. The Kier molecular flexibility index (Phi) is 5.32. The number of thiophene rings is 1. The average Bonchev–Trinajstić information content (AvgIpc) is 3.36. The van der Waals surface area contributed by atoms with Crippen molar-refractivity contribution in [1.29, 1.82) is 0 Å². The number of carbonyl (C=O) groups is 2. The highest BCUT2D eigenvalue weighted by Crippen LogP contribution is 2.36. The van der Waals surface area contributed by atoms with Crippen LogP contribution in [0.2, 0.25) is 0 Å². The maximum Gasteiger partial charge on any atom is 0.310 e. The van der Waals surface area contributed by atoms with Crippen molar-refractivity contribution >= 4 is 23.2 Å². The third-order valence-electron chi connectivity index (χ3n) is 6.00. The second-order valence-electron chi connectivity index (χ2n) is 7.74. The third kappa shape index (κ3) is 3.54. The Balaban J connectivity index is 1.39. The molecule has 0 bridgehead atoms. The Morgan fingerprint density at radius 2 is 2.00 bits per heavy atom. The lowest BCUT2D eigenvalue weighted by molar-refractivity contribution is -0.149. The van der Waals surface area contributed by atoms with E-state index in [1.165, 1.54) is 36.1 Å². The van der Waals surface area contributed by atoms with Crippen molar-refractivity contribution in [3.63, 3.8) is 0 Å². The molecule has 1 aromatic rings. The van der Waals surface area contributed by atoms with Crippen LogP contribution in [0.4, 0.5) is 0 Å². The molecule has 1 aliphatic carbocycles. The molecule has 142 valence electrons. The number of likely N-dealkylation sites (tertiary alicyclic amines) is 1. The van der Waals surface area contributed by atoms with Crippen LogP contribution >= 0.6 is 11.3 Å². The Morgan fingerprint density at radius 3 is 2.73 bits per heavy atom. The number of amides is 1. The number of nitrogens with zero attached hydrogens (tertiary/aromatic N) is 2. The molecule has 2 aliphatic heterocycles. The topological polar surface area (TPSA) is 49.9 Å². The van der Waals surface area contributed by atoms with E-state index < -0.39 is 0 Å². The first-order chi connectivity index (χ1) is 12.7. The summed E-state index contributed by atoms with van der Waals surface area (Å²) in [7, 11) is 0. The standard InChI is InChI=1S/C20H28N2O3S/c1-2-25-20(24)14-6-5-9-21(11-14)19(23)17-10-15-12-22(13-18(15)26-17)16-7-3-4-8-16/h10,14,16H,2-9,11-13H2,1H3. The molecule has 4 rings (SSSR count). The molecule has 3 aliphatic rings. The lowest BCUT2D eigenvalue weighted by Gasteiger charge is -2.31. The molecule has 26 heavy (non-hydrogen) atoms. The minimum Gasteiger partial charge on any atom is -0.466 e. The summed E-state index contributed by atoms with van der Waals surface area (Å²) >= 11 is 1.66. The maximum absolute atomic E-state index is 12.9. The second-order valence-corrected chi connectivity index (χ2v) is 8.88. The molecule has 1 amide bonds. The molecule has 1 saturated carbocycles. The fourth-order valence-electron chi connectivity index (χ4n) is 4.60. The number of rotatable bonds is 4. The van der Waals surface area contributed by atoms with E-state index in [0.29, 0.717) is 13.2 Å². The summed E-state index contributed by atoms with van der Waals surface area (Å²) in [6, 6.07) is 2.84. The van der Waals surface area contributed by atoms with Gasteiger partial charge < -0.3 is 9.64 Å². The van der Waals surface area contributed by atoms with Crippen LogP contribution in [0.3, 0.4) is 0 Å². The molecular formula is C20H28N2O3S. The number of piperidine rings is 1. The number of carbonyl (C=O) groups excluding carboxylic acids is 2. The van der Waals surface area contributed by atoms with Gasteiger partial charge in [-0.2, -0.15) is 0 Å². The van der Waals surface area contributed by atoms with Gasteiger partial charge in [0.1, 0.15) is 0 Å². The van der Waals surface area contributed by atoms with E-state index in [9.17, 15) is 9.59 Å². The minimum atomic E-state index is -0.169. The number of hydrogen-bond acceptors (Lipinski definition) is 5. The quantitative estimate of drug-likeness (QED) is 0.756. The zero-order chi connectivity index (χ0) is 18.1. The van der Waals surface area contributed by atoms with E-state index in [-0.39, 0.29) is 17.8 Å². The molecule has 0 N–H and O–H groups in total. The van der Waals surface area contributed by atoms with Gasteiger partial charge in [0.05, 0.1) is 17.4 Å². The van der Waals surface area contributed by atoms with E-state index in [1.807, 2.05) is 11.8 Å². The number of hydrogen-bond donors (Lipinski definition) is 0. The van der Waals surface area contributed by atoms with Crippen molar-refractivity contribution in [2.45, 2.75) is 64.6 Å². The van der Waals surface area contributed by atoms with Crippen molar-refractivity contribution < 1.29 is 14.3 Å². The molecule has 0 radical (unpaired) electrons. The van der Waals surface area contributed by atoms with E-state index in [4.69, 9.17) is 4.74 Å². The van der Waals surface area contributed by atoms with Gasteiger partial charge in [-0.05, 0) is 44.2 Å². The normalized spacial score (nSPS) is 24.0. The highest BCUT2D eigenvalue weighted by atomic mass is 32.1. The summed E-state index contributed by atoms with van der Waals surface area (Å²) in [4.78, 5) is 31.6.